The second-order valence-corrected chi connectivity index (χ2v) is 6.43. The van der Waals surface area contributed by atoms with Crippen LogP contribution < -0.4 is 0 Å². The average Bonchev–Trinajstić information content (AvgIpc) is 2.86. The van der Waals surface area contributed by atoms with Crippen LogP contribution in [0.15, 0.2) is 30.3 Å². The first-order valence-corrected chi connectivity index (χ1v) is 8.11. The van der Waals surface area contributed by atoms with E-state index in [1.807, 2.05) is 11.6 Å². The van der Waals surface area contributed by atoms with Gasteiger partial charge in [-0.3, -0.25) is 4.90 Å². The smallest absolute Gasteiger partial charge is 0.0651 e. The number of hydrogen-bond acceptors (Lipinski definition) is 3. The van der Waals surface area contributed by atoms with Gasteiger partial charge in [-0.2, -0.15) is 5.10 Å². The standard InChI is InChI=1S/C18H25N3O/c1-14-9-15(2)21(19-14)18-7-3-5-16(10-18)11-20-8-4-6-17(12-20)13-22/h3,5,7,9-10,17,22H,4,6,8,11-13H2,1-2H3/t17-/m1/s1. The summed E-state index contributed by atoms with van der Waals surface area (Å²) < 4.78 is 2.01. The molecule has 4 nitrogen and oxygen atoms in total. The van der Waals surface area contributed by atoms with E-state index in [4.69, 9.17) is 0 Å². The number of aromatic nitrogens is 2. The molecule has 3 rings (SSSR count). The lowest BCUT2D eigenvalue weighted by Crippen LogP contribution is -2.36. The summed E-state index contributed by atoms with van der Waals surface area (Å²) in [5, 5.41) is 13.9. The molecule has 0 unspecified atom stereocenters. The van der Waals surface area contributed by atoms with Crippen LogP contribution in [-0.2, 0) is 6.54 Å². The zero-order valence-electron chi connectivity index (χ0n) is 13.5. The Kier molecular flexibility index (Phi) is 4.60. The number of hydrogen-bond donors (Lipinski definition) is 1. The predicted molar refractivity (Wildman–Crippen MR) is 88.1 cm³/mol. The Hall–Kier alpha value is -1.65. The third-order valence-electron chi connectivity index (χ3n) is 4.43. The largest absolute Gasteiger partial charge is 0.396 e. The Balaban J connectivity index is 1.75. The maximum absolute atomic E-state index is 9.36. The number of rotatable bonds is 4. The molecule has 0 amide bonds. The molecule has 1 aliphatic rings. The van der Waals surface area contributed by atoms with Crippen molar-refractivity contribution in [3.05, 3.63) is 47.3 Å². The van der Waals surface area contributed by atoms with Crippen LogP contribution in [0.1, 0.15) is 29.8 Å². The summed E-state index contributed by atoms with van der Waals surface area (Å²) in [6.45, 7) is 7.49. The molecular formula is C18H25N3O. The van der Waals surface area contributed by atoms with Crippen molar-refractivity contribution in [3.63, 3.8) is 0 Å². The van der Waals surface area contributed by atoms with Gasteiger partial charge in [0.25, 0.3) is 0 Å². The zero-order chi connectivity index (χ0) is 15.5. The Labute approximate surface area is 132 Å². The van der Waals surface area contributed by atoms with E-state index in [1.165, 1.54) is 12.0 Å². The number of likely N-dealkylation sites (tertiary alicyclic amines) is 1. The van der Waals surface area contributed by atoms with Crippen molar-refractivity contribution in [2.45, 2.75) is 33.2 Å². The van der Waals surface area contributed by atoms with Gasteiger partial charge in [-0.25, -0.2) is 4.68 Å². The van der Waals surface area contributed by atoms with Gasteiger partial charge in [-0.15, -0.1) is 0 Å². The Morgan fingerprint density at radius 1 is 1.27 bits per heavy atom. The van der Waals surface area contributed by atoms with Gasteiger partial charge < -0.3 is 5.11 Å². The first-order valence-electron chi connectivity index (χ1n) is 8.11. The molecular weight excluding hydrogens is 274 g/mol. The minimum absolute atomic E-state index is 0.308. The molecule has 1 N–H and O–H groups in total. The van der Waals surface area contributed by atoms with Crippen LogP contribution >= 0.6 is 0 Å². The Bertz CT molecular complexity index is 635. The molecule has 118 valence electrons. The highest BCUT2D eigenvalue weighted by molar-refractivity contribution is 5.37. The van der Waals surface area contributed by atoms with Crippen molar-refractivity contribution in [1.82, 2.24) is 14.7 Å². The third-order valence-corrected chi connectivity index (χ3v) is 4.43. The maximum Gasteiger partial charge on any atom is 0.0651 e. The molecule has 1 saturated heterocycles. The van der Waals surface area contributed by atoms with Crippen LogP contribution in [0.4, 0.5) is 0 Å². The number of nitrogens with zero attached hydrogens (tertiary/aromatic N) is 3. The van der Waals surface area contributed by atoms with E-state index >= 15 is 0 Å². The van der Waals surface area contributed by atoms with Gasteiger partial charge in [0, 0.05) is 25.4 Å². The summed E-state index contributed by atoms with van der Waals surface area (Å²) in [6, 6.07) is 10.7. The zero-order valence-corrected chi connectivity index (χ0v) is 13.5. The third kappa shape index (κ3) is 3.39. The predicted octanol–water partition coefficient (Wildman–Crippen LogP) is 2.69. The molecule has 4 heteroatoms. The molecule has 22 heavy (non-hydrogen) atoms. The molecule has 2 heterocycles. The van der Waals surface area contributed by atoms with Crippen LogP contribution in [0, 0.1) is 19.8 Å². The maximum atomic E-state index is 9.36. The summed E-state index contributed by atoms with van der Waals surface area (Å²) in [4.78, 5) is 2.45. The van der Waals surface area contributed by atoms with E-state index in [-0.39, 0.29) is 0 Å². The van der Waals surface area contributed by atoms with E-state index in [0.717, 1.165) is 43.1 Å². The van der Waals surface area contributed by atoms with Gasteiger partial charge >= 0.3 is 0 Å². The van der Waals surface area contributed by atoms with Crippen molar-refractivity contribution in [1.29, 1.82) is 0 Å². The molecule has 0 radical (unpaired) electrons. The SMILES string of the molecule is Cc1cc(C)n(-c2cccc(CN3CCC[C@@H](CO)C3)c2)n1. The number of piperidine rings is 1. The molecule has 1 aromatic heterocycles. The van der Waals surface area contributed by atoms with Crippen molar-refractivity contribution in [2.24, 2.45) is 5.92 Å². The molecule has 0 bridgehead atoms. The number of benzene rings is 1. The van der Waals surface area contributed by atoms with Gasteiger partial charge in [0.1, 0.15) is 0 Å². The van der Waals surface area contributed by atoms with Crippen molar-refractivity contribution in [2.75, 3.05) is 19.7 Å². The van der Waals surface area contributed by atoms with Gasteiger partial charge in [0.15, 0.2) is 0 Å². The molecule has 1 aromatic carbocycles. The van der Waals surface area contributed by atoms with Crippen LogP contribution in [-0.4, -0.2) is 39.5 Å². The normalized spacial score (nSPS) is 19.5. The van der Waals surface area contributed by atoms with E-state index in [2.05, 4.69) is 47.3 Å². The van der Waals surface area contributed by atoms with Crippen molar-refractivity contribution >= 4 is 0 Å². The fourth-order valence-corrected chi connectivity index (χ4v) is 3.38. The van der Waals surface area contributed by atoms with Gasteiger partial charge in [0.05, 0.1) is 11.4 Å². The summed E-state index contributed by atoms with van der Waals surface area (Å²) in [5.41, 5.74) is 4.64. The summed E-state index contributed by atoms with van der Waals surface area (Å²) in [6.07, 6.45) is 2.33. The number of aliphatic hydroxyl groups excluding tert-OH is 1. The highest BCUT2D eigenvalue weighted by Gasteiger charge is 2.19. The fourth-order valence-electron chi connectivity index (χ4n) is 3.38. The quantitative estimate of drug-likeness (QED) is 0.944. The van der Waals surface area contributed by atoms with Crippen molar-refractivity contribution < 1.29 is 5.11 Å². The Morgan fingerprint density at radius 2 is 2.14 bits per heavy atom. The average molecular weight is 299 g/mol. The highest BCUT2D eigenvalue weighted by Crippen LogP contribution is 2.20. The molecule has 0 spiro atoms. The fraction of sp³-hybridized carbons (Fsp3) is 0.500. The van der Waals surface area contributed by atoms with Gasteiger partial charge in [-0.05, 0) is 62.9 Å². The lowest BCUT2D eigenvalue weighted by molar-refractivity contribution is 0.116. The van der Waals surface area contributed by atoms with Crippen LogP contribution in [0.2, 0.25) is 0 Å². The topological polar surface area (TPSA) is 41.3 Å². The van der Waals surface area contributed by atoms with Gasteiger partial charge in [-0.1, -0.05) is 12.1 Å². The van der Waals surface area contributed by atoms with E-state index in [1.54, 1.807) is 0 Å². The van der Waals surface area contributed by atoms with Crippen LogP contribution in [0.25, 0.3) is 5.69 Å². The van der Waals surface area contributed by atoms with Crippen LogP contribution in [0.3, 0.4) is 0 Å². The van der Waals surface area contributed by atoms with E-state index < -0.39 is 0 Å². The second-order valence-electron chi connectivity index (χ2n) is 6.43. The minimum Gasteiger partial charge on any atom is -0.396 e. The van der Waals surface area contributed by atoms with E-state index in [0.29, 0.717) is 12.5 Å². The molecule has 1 fully saturated rings. The molecule has 2 aromatic rings. The summed E-state index contributed by atoms with van der Waals surface area (Å²) in [7, 11) is 0. The number of aryl methyl sites for hydroxylation is 2. The minimum atomic E-state index is 0.308. The first kappa shape index (κ1) is 15.3. The molecule has 1 aliphatic heterocycles. The molecule has 1 atom stereocenters. The van der Waals surface area contributed by atoms with Crippen molar-refractivity contribution in [3.8, 4) is 5.69 Å². The second kappa shape index (κ2) is 6.63. The lowest BCUT2D eigenvalue weighted by Gasteiger charge is -2.31. The number of aliphatic hydroxyl groups is 1. The lowest BCUT2D eigenvalue weighted by atomic mass is 9.98. The molecule has 0 aliphatic carbocycles. The Morgan fingerprint density at radius 3 is 2.86 bits per heavy atom. The monoisotopic (exact) mass is 299 g/mol. The first-order chi connectivity index (χ1) is 10.7. The summed E-state index contributed by atoms with van der Waals surface area (Å²) >= 11 is 0. The van der Waals surface area contributed by atoms with Gasteiger partial charge in [0.2, 0.25) is 0 Å². The highest BCUT2D eigenvalue weighted by atomic mass is 16.3. The molecule has 0 saturated carbocycles. The summed E-state index contributed by atoms with van der Waals surface area (Å²) in [5.74, 6) is 0.438. The van der Waals surface area contributed by atoms with Crippen LogP contribution in [0.5, 0.6) is 0 Å². The van der Waals surface area contributed by atoms with E-state index in [9.17, 15) is 5.11 Å².